The second-order valence-electron chi connectivity index (χ2n) is 4.59. The average Bonchev–Trinajstić information content (AvgIpc) is 2.18. The van der Waals surface area contributed by atoms with Crippen molar-refractivity contribution in [2.45, 2.75) is 39.2 Å². The predicted octanol–water partition coefficient (Wildman–Crippen LogP) is 0.928. The molecule has 0 amide bonds. The number of carbonyl (C=O) groups is 1. The minimum Gasteiger partial charge on any atom is -0.321 e. The van der Waals surface area contributed by atoms with Crippen molar-refractivity contribution in [3.05, 3.63) is 0 Å². The van der Waals surface area contributed by atoms with Gasteiger partial charge in [0.2, 0.25) is 0 Å². The Bertz CT molecular complexity index is 186. The molecule has 1 fully saturated rings. The number of carbonyl (C=O) groups excluding carboxylic acids is 1. The third-order valence-corrected chi connectivity index (χ3v) is 2.98. The third kappa shape index (κ3) is 3.39. The second-order valence-corrected chi connectivity index (χ2v) is 4.59. The Morgan fingerprint density at radius 1 is 1.43 bits per heavy atom. The van der Waals surface area contributed by atoms with Crippen LogP contribution in [0.25, 0.3) is 0 Å². The minimum atomic E-state index is -0.238. The van der Waals surface area contributed by atoms with E-state index < -0.39 is 0 Å². The second kappa shape index (κ2) is 5.47. The Balaban J connectivity index is 2.31. The third-order valence-electron chi connectivity index (χ3n) is 2.98. The van der Waals surface area contributed by atoms with Crippen molar-refractivity contribution >= 4 is 5.78 Å². The lowest BCUT2D eigenvalue weighted by atomic mass is 9.88. The molecule has 0 spiro atoms. The van der Waals surface area contributed by atoms with Crippen molar-refractivity contribution in [1.29, 1.82) is 0 Å². The SMILES string of the molecule is CC(C)C(=O)[C@@H](N)CC1CCNCC1. The van der Waals surface area contributed by atoms with Crippen molar-refractivity contribution in [1.82, 2.24) is 5.32 Å². The average molecular weight is 198 g/mol. The summed E-state index contributed by atoms with van der Waals surface area (Å²) in [5.74, 6) is 0.934. The van der Waals surface area contributed by atoms with E-state index in [4.69, 9.17) is 5.73 Å². The molecule has 0 aromatic heterocycles. The number of hydrogen-bond acceptors (Lipinski definition) is 3. The molecule has 1 heterocycles. The first-order valence-electron chi connectivity index (χ1n) is 5.61. The van der Waals surface area contributed by atoms with Gasteiger partial charge >= 0.3 is 0 Å². The Morgan fingerprint density at radius 2 is 2.00 bits per heavy atom. The van der Waals surface area contributed by atoms with E-state index in [1.54, 1.807) is 0 Å². The minimum absolute atomic E-state index is 0.0757. The van der Waals surface area contributed by atoms with Gasteiger partial charge in [0.1, 0.15) is 0 Å². The fourth-order valence-electron chi connectivity index (χ4n) is 2.02. The predicted molar refractivity (Wildman–Crippen MR) is 58.0 cm³/mol. The number of piperidine rings is 1. The zero-order valence-corrected chi connectivity index (χ0v) is 9.25. The smallest absolute Gasteiger partial charge is 0.152 e. The van der Waals surface area contributed by atoms with E-state index in [0.29, 0.717) is 5.92 Å². The number of nitrogens with two attached hydrogens (primary N) is 1. The van der Waals surface area contributed by atoms with Crippen molar-refractivity contribution in [2.75, 3.05) is 13.1 Å². The maximum absolute atomic E-state index is 11.6. The van der Waals surface area contributed by atoms with E-state index in [0.717, 1.165) is 19.5 Å². The Kier molecular flexibility index (Phi) is 4.55. The molecule has 1 aliphatic heterocycles. The van der Waals surface area contributed by atoms with Crippen molar-refractivity contribution in [3.63, 3.8) is 0 Å². The summed E-state index contributed by atoms with van der Waals surface area (Å²) >= 11 is 0. The molecule has 3 nitrogen and oxygen atoms in total. The van der Waals surface area contributed by atoms with Crippen LogP contribution in [0.5, 0.6) is 0 Å². The largest absolute Gasteiger partial charge is 0.321 e. The summed E-state index contributed by atoms with van der Waals surface area (Å²) in [4.78, 5) is 11.6. The monoisotopic (exact) mass is 198 g/mol. The molecule has 0 radical (unpaired) electrons. The Labute approximate surface area is 86.4 Å². The van der Waals surface area contributed by atoms with Gasteiger partial charge in [0, 0.05) is 5.92 Å². The lowest BCUT2D eigenvalue weighted by Gasteiger charge is -2.25. The highest BCUT2D eigenvalue weighted by Crippen LogP contribution is 2.18. The Hall–Kier alpha value is -0.410. The van der Waals surface area contributed by atoms with Crippen molar-refractivity contribution in [3.8, 4) is 0 Å². The number of rotatable bonds is 4. The molecule has 0 aliphatic carbocycles. The molecule has 0 saturated carbocycles. The van der Waals surface area contributed by atoms with Crippen LogP contribution < -0.4 is 11.1 Å². The molecular weight excluding hydrogens is 176 g/mol. The summed E-state index contributed by atoms with van der Waals surface area (Å²) in [6, 6.07) is -0.238. The van der Waals surface area contributed by atoms with Crippen LogP contribution in [-0.2, 0) is 4.79 Å². The Morgan fingerprint density at radius 3 is 2.50 bits per heavy atom. The van der Waals surface area contributed by atoms with Crippen LogP contribution >= 0.6 is 0 Å². The van der Waals surface area contributed by atoms with Gasteiger partial charge in [-0.1, -0.05) is 13.8 Å². The first kappa shape index (κ1) is 11.7. The van der Waals surface area contributed by atoms with Gasteiger partial charge < -0.3 is 11.1 Å². The normalized spacial score (nSPS) is 21.1. The molecule has 3 heteroatoms. The molecule has 0 bridgehead atoms. The topological polar surface area (TPSA) is 55.1 Å². The van der Waals surface area contributed by atoms with Gasteiger partial charge in [0.15, 0.2) is 5.78 Å². The zero-order chi connectivity index (χ0) is 10.6. The maximum Gasteiger partial charge on any atom is 0.152 e. The number of nitrogens with one attached hydrogen (secondary N) is 1. The van der Waals surface area contributed by atoms with E-state index in [1.165, 1.54) is 12.8 Å². The van der Waals surface area contributed by atoms with Crippen LogP contribution in [0.2, 0.25) is 0 Å². The number of hydrogen-bond donors (Lipinski definition) is 2. The van der Waals surface area contributed by atoms with Gasteiger partial charge in [-0.3, -0.25) is 4.79 Å². The molecule has 0 unspecified atom stereocenters. The quantitative estimate of drug-likeness (QED) is 0.706. The van der Waals surface area contributed by atoms with E-state index >= 15 is 0 Å². The molecule has 0 aromatic carbocycles. The van der Waals surface area contributed by atoms with Gasteiger partial charge in [-0.15, -0.1) is 0 Å². The molecule has 0 aromatic rings. The highest BCUT2D eigenvalue weighted by molar-refractivity contribution is 5.85. The van der Waals surface area contributed by atoms with Crippen LogP contribution in [0.3, 0.4) is 0 Å². The fourth-order valence-corrected chi connectivity index (χ4v) is 2.02. The molecule has 3 N–H and O–H groups in total. The summed E-state index contributed by atoms with van der Waals surface area (Å²) < 4.78 is 0. The highest BCUT2D eigenvalue weighted by atomic mass is 16.1. The van der Waals surface area contributed by atoms with Gasteiger partial charge in [-0.05, 0) is 38.3 Å². The molecule has 1 aliphatic rings. The summed E-state index contributed by atoms with van der Waals surface area (Å²) in [6.45, 7) is 6.00. The maximum atomic E-state index is 11.6. The molecule has 82 valence electrons. The van der Waals surface area contributed by atoms with E-state index in [1.807, 2.05) is 13.8 Å². The fraction of sp³-hybridized carbons (Fsp3) is 0.909. The molecule has 1 atom stereocenters. The number of ketones is 1. The van der Waals surface area contributed by atoms with Crippen molar-refractivity contribution < 1.29 is 4.79 Å². The van der Waals surface area contributed by atoms with Gasteiger partial charge in [0.25, 0.3) is 0 Å². The summed E-state index contributed by atoms with van der Waals surface area (Å²) in [5, 5.41) is 3.31. The van der Waals surface area contributed by atoms with Gasteiger partial charge in [-0.2, -0.15) is 0 Å². The standard InChI is InChI=1S/C11H22N2O/c1-8(2)11(14)10(12)7-9-3-5-13-6-4-9/h8-10,13H,3-7,12H2,1-2H3/t10-/m0/s1. The van der Waals surface area contributed by atoms with Crippen LogP contribution in [0.15, 0.2) is 0 Å². The van der Waals surface area contributed by atoms with Crippen LogP contribution in [0.1, 0.15) is 33.1 Å². The summed E-state index contributed by atoms with van der Waals surface area (Å²) in [5.41, 5.74) is 5.88. The van der Waals surface area contributed by atoms with E-state index in [2.05, 4.69) is 5.32 Å². The summed E-state index contributed by atoms with van der Waals surface area (Å²) in [6.07, 6.45) is 3.21. The molecule has 1 rings (SSSR count). The van der Waals surface area contributed by atoms with Gasteiger partial charge in [0.05, 0.1) is 6.04 Å². The van der Waals surface area contributed by atoms with Gasteiger partial charge in [-0.25, -0.2) is 0 Å². The van der Waals surface area contributed by atoms with Crippen LogP contribution in [-0.4, -0.2) is 24.9 Å². The first-order chi connectivity index (χ1) is 6.61. The molecular formula is C11H22N2O. The summed E-state index contributed by atoms with van der Waals surface area (Å²) in [7, 11) is 0. The number of Topliss-reactive ketones (excluding diaryl/α,β-unsaturated/α-hetero) is 1. The lowest BCUT2D eigenvalue weighted by Crippen LogP contribution is -2.38. The van der Waals surface area contributed by atoms with E-state index in [-0.39, 0.29) is 17.7 Å². The van der Waals surface area contributed by atoms with E-state index in [9.17, 15) is 4.79 Å². The highest BCUT2D eigenvalue weighted by Gasteiger charge is 2.22. The first-order valence-corrected chi connectivity index (χ1v) is 5.61. The molecule has 1 saturated heterocycles. The lowest BCUT2D eigenvalue weighted by molar-refractivity contribution is -0.123. The zero-order valence-electron chi connectivity index (χ0n) is 9.25. The van der Waals surface area contributed by atoms with Crippen LogP contribution in [0.4, 0.5) is 0 Å². The van der Waals surface area contributed by atoms with Crippen LogP contribution in [0, 0.1) is 11.8 Å². The molecule has 14 heavy (non-hydrogen) atoms. The van der Waals surface area contributed by atoms with Crippen molar-refractivity contribution in [2.24, 2.45) is 17.6 Å².